The molecule has 0 bridgehead atoms. The normalized spacial score (nSPS) is 12.5. The molecule has 5 nitrogen and oxygen atoms in total. The first kappa shape index (κ1) is 14.9. The van der Waals surface area contributed by atoms with Crippen LogP contribution in [0.4, 0.5) is 0 Å². The lowest BCUT2D eigenvalue weighted by Crippen LogP contribution is -2.16. The molecule has 6 heteroatoms. The molecule has 0 fully saturated rings. The van der Waals surface area contributed by atoms with E-state index in [2.05, 4.69) is 68.9 Å². The number of hydrogen-bond acceptors (Lipinski definition) is 3. The van der Waals surface area contributed by atoms with E-state index < -0.39 is 8.07 Å². The van der Waals surface area contributed by atoms with Crippen LogP contribution in [0, 0.1) is 18.4 Å². The topological polar surface area (TPSA) is 48.5 Å². The summed E-state index contributed by atoms with van der Waals surface area (Å²) < 4.78 is 4.07. The number of aromatic nitrogens is 5. The van der Waals surface area contributed by atoms with E-state index in [0.717, 1.165) is 34.0 Å². The van der Waals surface area contributed by atoms with Crippen molar-refractivity contribution in [2.75, 3.05) is 0 Å². The van der Waals surface area contributed by atoms with Gasteiger partial charge in [-0.2, -0.15) is 5.10 Å². The number of imidazole rings is 1. The lowest BCUT2D eigenvalue weighted by atomic mass is 10.1. The maximum absolute atomic E-state index is 4.48. The Labute approximate surface area is 142 Å². The first-order valence-corrected chi connectivity index (χ1v) is 11.5. The van der Waals surface area contributed by atoms with Gasteiger partial charge in [-0.25, -0.2) is 14.6 Å². The van der Waals surface area contributed by atoms with Crippen molar-refractivity contribution in [3.63, 3.8) is 0 Å². The van der Waals surface area contributed by atoms with E-state index in [1.807, 2.05) is 17.9 Å². The summed E-state index contributed by atoms with van der Waals surface area (Å²) in [5.41, 5.74) is 8.74. The minimum absolute atomic E-state index is 0.672. The van der Waals surface area contributed by atoms with Crippen LogP contribution in [0.25, 0.3) is 17.1 Å². The molecular formula is C18H19N5Si. The number of rotatable bonds is 0. The summed E-state index contributed by atoms with van der Waals surface area (Å²) >= 11 is 0. The van der Waals surface area contributed by atoms with Crippen molar-refractivity contribution >= 4 is 8.07 Å². The van der Waals surface area contributed by atoms with E-state index in [-0.39, 0.29) is 0 Å². The average molecular weight is 333 g/mol. The molecule has 0 N–H and O–H groups in total. The molecule has 4 rings (SSSR count). The quantitative estimate of drug-likeness (QED) is 0.367. The highest BCUT2D eigenvalue weighted by Gasteiger charge is 2.22. The molecule has 3 aromatic rings. The predicted octanol–water partition coefficient (Wildman–Crippen LogP) is 3.03. The van der Waals surface area contributed by atoms with E-state index in [1.165, 1.54) is 0 Å². The molecular weight excluding hydrogens is 314 g/mol. The van der Waals surface area contributed by atoms with Crippen molar-refractivity contribution in [3.05, 3.63) is 47.8 Å². The van der Waals surface area contributed by atoms with Gasteiger partial charge >= 0.3 is 0 Å². The van der Waals surface area contributed by atoms with Crippen molar-refractivity contribution in [2.24, 2.45) is 0 Å². The van der Waals surface area contributed by atoms with Gasteiger partial charge in [-0.05, 0) is 25.1 Å². The van der Waals surface area contributed by atoms with E-state index in [0.29, 0.717) is 6.54 Å². The van der Waals surface area contributed by atoms with E-state index in [9.17, 15) is 0 Å². The lowest BCUT2D eigenvalue weighted by molar-refractivity contribution is 0.674. The van der Waals surface area contributed by atoms with E-state index in [4.69, 9.17) is 0 Å². The molecule has 0 spiro atoms. The summed E-state index contributed by atoms with van der Waals surface area (Å²) in [6.45, 7) is 9.45. The molecule has 0 aliphatic carbocycles. The predicted molar refractivity (Wildman–Crippen MR) is 96.6 cm³/mol. The second kappa shape index (κ2) is 5.18. The molecule has 0 saturated carbocycles. The Balaban J connectivity index is 1.94. The highest BCUT2D eigenvalue weighted by Crippen LogP contribution is 2.31. The first-order chi connectivity index (χ1) is 11.4. The monoisotopic (exact) mass is 333 g/mol. The van der Waals surface area contributed by atoms with Crippen LogP contribution in [0.3, 0.4) is 0 Å². The molecule has 0 radical (unpaired) electrons. The summed E-state index contributed by atoms with van der Waals surface area (Å²) in [4.78, 5) is 8.95. The molecule has 24 heavy (non-hydrogen) atoms. The molecule has 1 aromatic carbocycles. The Bertz CT molecular complexity index is 995. The third-order valence-electron chi connectivity index (χ3n) is 4.07. The standard InChI is InChI=1S/C18H19N5Si/c1-13-17-10-23-18(19-11-21-23)15-9-14(7-8-24(2,3)4)5-6-16(15)22(17)12-20-13/h5-6,9,11-12H,10H2,1-4H3. The first-order valence-electron chi connectivity index (χ1n) is 8.01. The van der Waals surface area contributed by atoms with Crippen LogP contribution in [-0.4, -0.2) is 32.4 Å². The number of nitrogens with zero attached hydrogens (tertiary/aromatic N) is 5. The zero-order valence-electron chi connectivity index (χ0n) is 14.3. The van der Waals surface area contributed by atoms with Gasteiger partial charge in [-0.15, -0.1) is 5.54 Å². The van der Waals surface area contributed by atoms with Gasteiger partial charge in [0.25, 0.3) is 0 Å². The fourth-order valence-electron chi connectivity index (χ4n) is 2.85. The number of fused-ring (bicyclic) bond motifs is 5. The minimum atomic E-state index is -1.41. The number of hydrogen-bond donors (Lipinski definition) is 0. The molecule has 0 unspecified atom stereocenters. The molecule has 0 atom stereocenters. The lowest BCUT2D eigenvalue weighted by Gasteiger charge is -2.09. The largest absolute Gasteiger partial charge is 0.300 e. The van der Waals surface area contributed by atoms with Gasteiger partial charge in [-0.3, -0.25) is 0 Å². The van der Waals surface area contributed by atoms with Crippen LogP contribution in [0.1, 0.15) is 17.0 Å². The Hall–Kier alpha value is -2.65. The van der Waals surface area contributed by atoms with Crippen LogP contribution in [-0.2, 0) is 6.54 Å². The van der Waals surface area contributed by atoms with Crippen LogP contribution < -0.4 is 0 Å². The number of aryl methyl sites for hydroxylation is 1. The fourth-order valence-corrected chi connectivity index (χ4v) is 3.37. The van der Waals surface area contributed by atoms with Gasteiger partial charge in [-0.1, -0.05) is 25.6 Å². The maximum atomic E-state index is 4.48. The Kier molecular flexibility index (Phi) is 3.22. The van der Waals surface area contributed by atoms with Gasteiger partial charge in [0.2, 0.25) is 0 Å². The molecule has 120 valence electrons. The Morgan fingerprint density at radius 3 is 2.79 bits per heavy atom. The zero-order valence-corrected chi connectivity index (χ0v) is 15.3. The van der Waals surface area contributed by atoms with Crippen molar-refractivity contribution in [2.45, 2.75) is 33.1 Å². The van der Waals surface area contributed by atoms with E-state index >= 15 is 0 Å². The van der Waals surface area contributed by atoms with Crippen LogP contribution >= 0.6 is 0 Å². The van der Waals surface area contributed by atoms with Crippen LogP contribution in [0.15, 0.2) is 30.9 Å². The number of benzene rings is 1. The molecule has 0 amide bonds. The second-order valence-corrected chi connectivity index (χ2v) is 11.9. The Morgan fingerprint density at radius 1 is 1.17 bits per heavy atom. The second-order valence-electron chi connectivity index (χ2n) is 7.12. The molecule has 0 saturated heterocycles. The zero-order chi connectivity index (χ0) is 16.9. The van der Waals surface area contributed by atoms with Gasteiger partial charge in [0.15, 0.2) is 5.82 Å². The molecule has 1 aliphatic rings. The van der Waals surface area contributed by atoms with Crippen LogP contribution in [0.5, 0.6) is 0 Å². The van der Waals surface area contributed by atoms with Crippen LogP contribution in [0.2, 0.25) is 19.6 Å². The SMILES string of the molecule is Cc1ncn2c1Cn1ncnc1-c1cc(C#C[Si](C)(C)C)ccc1-2. The molecule has 1 aliphatic heterocycles. The van der Waals surface area contributed by atoms with E-state index in [1.54, 1.807) is 6.33 Å². The van der Waals surface area contributed by atoms with Crippen molar-refractivity contribution in [1.29, 1.82) is 0 Å². The summed E-state index contributed by atoms with van der Waals surface area (Å²) in [6, 6.07) is 6.31. The van der Waals surface area contributed by atoms with Crippen molar-refractivity contribution in [3.8, 4) is 28.5 Å². The highest BCUT2D eigenvalue weighted by molar-refractivity contribution is 6.83. The highest BCUT2D eigenvalue weighted by atomic mass is 28.3. The third-order valence-corrected chi connectivity index (χ3v) is 4.94. The summed E-state index contributed by atoms with van der Waals surface area (Å²) in [7, 11) is -1.41. The average Bonchev–Trinajstić information content (AvgIpc) is 3.10. The fraction of sp³-hybridized carbons (Fsp3) is 0.278. The summed E-state index contributed by atoms with van der Waals surface area (Å²) in [6.07, 6.45) is 3.49. The molecule has 3 heterocycles. The summed E-state index contributed by atoms with van der Waals surface area (Å²) in [5, 5.41) is 4.39. The molecule has 2 aromatic heterocycles. The third kappa shape index (κ3) is 2.47. The van der Waals surface area contributed by atoms with Gasteiger partial charge in [0.05, 0.1) is 29.9 Å². The Morgan fingerprint density at radius 2 is 2.00 bits per heavy atom. The maximum Gasteiger partial charge on any atom is 0.160 e. The summed E-state index contributed by atoms with van der Waals surface area (Å²) in [5.74, 6) is 4.22. The minimum Gasteiger partial charge on any atom is -0.300 e. The van der Waals surface area contributed by atoms with Gasteiger partial charge in [0.1, 0.15) is 14.4 Å². The van der Waals surface area contributed by atoms with Crippen molar-refractivity contribution in [1.82, 2.24) is 24.3 Å². The van der Waals surface area contributed by atoms with Gasteiger partial charge < -0.3 is 4.57 Å². The van der Waals surface area contributed by atoms with Gasteiger partial charge in [0, 0.05) is 11.1 Å². The smallest absolute Gasteiger partial charge is 0.160 e. The van der Waals surface area contributed by atoms with Crippen molar-refractivity contribution < 1.29 is 0 Å².